The van der Waals surface area contributed by atoms with Gasteiger partial charge in [-0.25, -0.2) is 0 Å². The van der Waals surface area contributed by atoms with Crippen LogP contribution in [0.2, 0.25) is 0 Å². The van der Waals surface area contributed by atoms with Crippen LogP contribution in [0, 0.1) is 11.8 Å². The average molecular weight is 372 g/mol. The number of hydrogen-bond acceptors (Lipinski definition) is 3. The summed E-state index contributed by atoms with van der Waals surface area (Å²) >= 11 is 0. The molecule has 0 aromatic heterocycles. The molecule has 0 spiro atoms. The van der Waals surface area contributed by atoms with E-state index in [1.54, 1.807) is 0 Å². The van der Waals surface area contributed by atoms with Gasteiger partial charge in [0.25, 0.3) is 0 Å². The van der Waals surface area contributed by atoms with Crippen molar-refractivity contribution in [3.8, 4) is 5.75 Å². The lowest BCUT2D eigenvalue weighted by Gasteiger charge is -2.40. The Balaban J connectivity index is 2.34. The van der Waals surface area contributed by atoms with Crippen molar-refractivity contribution in [2.75, 3.05) is 13.2 Å². The van der Waals surface area contributed by atoms with Gasteiger partial charge in [0.1, 0.15) is 5.75 Å². The molecular formula is C24H37NO2. The van der Waals surface area contributed by atoms with Crippen LogP contribution < -0.4 is 10.1 Å². The first-order valence-corrected chi connectivity index (χ1v) is 10.2. The molecule has 3 heteroatoms. The summed E-state index contributed by atoms with van der Waals surface area (Å²) in [6.45, 7) is 16.4. The second-order valence-electron chi connectivity index (χ2n) is 9.08. The van der Waals surface area contributed by atoms with Gasteiger partial charge in [-0.2, -0.15) is 0 Å². The van der Waals surface area contributed by atoms with Crippen LogP contribution in [0.5, 0.6) is 5.75 Å². The predicted octanol–water partition coefficient (Wildman–Crippen LogP) is 5.50. The molecule has 0 bridgehead atoms. The molecule has 3 nitrogen and oxygen atoms in total. The predicted molar refractivity (Wildman–Crippen MR) is 115 cm³/mol. The van der Waals surface area contributed by atoms with Gasteiger partial charge in [-0.3, -0.25) is 0 Å². The van der Waals surface area contributed by atoms with Crippen molar-refractivity contribution in [1.82, 2.24) is 5.32 Å². The molecular weight excluding hydrogens is 334 g/mol. The van der Waals surface area contributed by atoms with Crippen molar-refractivity contribution in [3.05, 3.63) is 42.0 Å². The lowest BCUT2D eigenvalue weighted by Crippen LogP contribution is -2.47. The van der Waals surface area contributed by atoms with E-state index in [9.17, 15) is 5.11 Å². The van der Waals surface area contributed by atoms with Gasteiger partial charge in [0.15, 0.2) is 0 Å². The van der Waals surface area contributed by atoms with E-state index in [4.69, 9.17) is 4.74 Å². The molecule has 2 rings (SSSR count). The molecule has 0 radical (unpaired) electrons. The fourth-order valence-electron chi connectivity index (χ4n) is 3.58. The second kappa shape index (κ2) is 8.62. The first-order chi connectivity index (χ1) is 12.6. The van der Waals surface area contributed by atoms with Crippen molar-refractivity contribution in [2.24, 2.45) is 11.8 Å². The summed E-state index contributed by atoms with van der Waals surface area (Å²) in [5.74, 6) is 1.10. The van der Waals surface area contributed by atoms with Gasteiger partial charge in [-0.15, -0.1) is 0 Å². The van der Waals surface area contributed by atoms with E-state index in [0.717, 1.165) is 41.7 Å². The van der Waals surface area contributed by atoms with Crippen LogP contribution in [0.1, 0.15) is 60.5 Å². The molecule has 0 amide bonds. The van der Waals surface area contributed by atoms with Crippen molar-refractivity contribution < 1.29 is 9.84 Å². The maximum atomic E-state index is 11.7. The topological polar surface area (TPSA) is 41.5 Å². The summed E-state index contributed by atoms with van der Waals surface area (Å²) in [5, 5.41) is 17.5. The van der Waals surface area contributed by atoms with Gasteiger partial charge in [0, 0.05) is 18.0 Å². The molecule has 2 atom stereocenters. The number of hydrogen-bond donors (Lipinski definition) is 2. The van der Waals surface area contributed by atoms with Gasteiger partial charge >= 0.3 is 0 Å². The summed E-state index contributed by atoms with van der Waals surface area (Å²) < 4.78 is 5.74. The minimum atomic E-state index is -0.885. The maximum absolute atomic E-state index is 11.7. The Labute approximate surface area is 165 Å². The zero-order valence-corrected chi connectivity index (χ0v) is 18.1. The van der Waals surface area contributed by atoms with Crippen molar-refractivity contribution in [1.29, 1.82) is 0 Å². The zero-order valence-electron chi connectivity index (χ0n) is 18.1. The average Bonchev–Trinajstić information content (AvgIpc) is 2.62. The Morgan fingerprint density at radius 2 is 1.63 bits per heavy atom. The van der Waals surface area contributed by atoms with Gasteiger partial charge in [-0.05, 0) is 67.6 Å². The van der Waals surface area contributed by atoms with Crippen molar-refractivity contribution >= 4 is 10.8 Å². The highest BCUT2D eigenvalue weighted by molar-refractivity contribution is 5.84. The van der Waals surface area contributed by atoms with Crippen LogP contribution in [0.4, 0.5) is 0 Å². The second-order valence-corrected chi connectivity index (χ2v) is 9.08. The molecule has 0 heterocycles. The fraction of sp³-hybridized carbons (Fsp3) is 0.583. The lowest BCUT2D eigenvalue weighted by molar-refractivity contribution is -0.0599. The largest absolute Gasteiger partial charge is 0.494 e. The van der Waals surface area contributed by atoms with Crippen LogP contribution in [-0.2, 0) is 5.60 Å². The van der Waals surface area contributed by atoms with Crippen LogP contribution in [0.15, 0.2) is 36.4 Å². The van der Waals surface area contributed by atoms with E-state index in [0.29, 0.717) is 0 Å². The van der Waals surface area contributed by atoms with E-state index in [2.05, 4.69) is 84.1 Å². The standard InChI is InChI=1S/C24H37NO2/c1-8-13-27-22-12-10-19-14-21(11-9-20(19)15-22)24(26,17(2)3)18(4)16-25-23(5,6)7/h9-12,14-15,17-18,25-26H,8,13,16H2,1-7H3. The fourth-order valence-corrected chi connectivity index (χ4v) is 3.58. The normalized spacial score (nSPS) is 15.7. The number of rotatable bonds is 8. The zero-order chi connectivity index (χ0) is 20.2. The molecule has 150 valence electrons. The number of ether oxygens (including phenoxy) is 1. The molecule has 2 aromatic rings. The molecule has 0 saturated heterocycles. The molecule has 27 heavy (non-hydrogen) atoms. The Bertz CT molecular complexity index is 748. The molecule has 2 N–H and O–H groups in total. The van der Waals surface area contributed by atoms with Gasteiger partial charge in [0.05, 0.1) is 12.2 Å². The van der Waals surface area contributed by atoms with E-state index < -0.39 is 5.60 Å². The van der Waals surface area contributed by atoms with Crippen LogP contribution in [0.3, 0.4) is 0 Å². The van der Waals surface area contributed by atoms with E-state index in [1.807, 2.05) is 6.07 Å². The van der Waals surface area contributed by atoms with Gasteiger partial charge in [0.2, 0.25) is 0 Å². The number of aliphatic hydroxyl groups is 1. The third-order valence-electron chi connectivity index (χ3n) is 5.32. The summed E-state index contributed by atoms with van der Waals surface area (Å²) in [5.41, 5.74) is 0.129. The number of nitrogens with one attached hydrogen (secondary N) is 1. The highest BCUT2D eigenvalue weighted by Gasteiger charge is 2.39. The minimum absolute atomic E-state index is 0.0322. The number of benzene rings is 2. The van der Waals surface area contributed by atoms with Crippen LogP contribution >= 0.6 is 0 Å². The highest BCUT2D eigenvalue weighted by Crippen LogP contribution is 2.38. The summed E-state index contributed by atoms with van der Waals surface area (Å²) in [4.78, 5) is 0. The molecule has 0 aliphatic heterocycles. The van der Waals surface area contributed by atoms with Gasteiger partial charge < -0.3 is 15.2 Å². The van der Waals surface area contributed by atoms with Crippen LogP contribution in [-0.4, -0.2) is 23.8 Å². The Morgan fingerprint density at radius 1 is 1.00 bits per heavy atom. The first kappa shape index (κ1) is 21.7. The van der Waals surface area contributed by atoms with E-state index >= 15 is 0 Å². The third-order valence-corrected chi connectivity index (χ3v) is 5.32. The Morgan fingerprint density at radius 3 is 2.22 bits per heavy atom. The molecule has 2 aromatic carbocycles. The summed E-state index contributed by atoms with van der Waals surface area (Å²) in [6.07, 6.45) is 0.999. The third kappa shape index (κ3) is 5.24. The smallest absolute Gasteiger partial charge is 0.119 e. The van der Waals surface area contributed by atoms with E-state index in [1.165, 1.54) is 0 Å². The van der Waals surface area contributed by atoms with Gasteiger partial charge in [-0.1, -0.05) is 45.9 Å². The lowest BCUT2D eigenvalue weighted by atomic mass is 9.73. The highest BCUT2D eigenvalue weighted by atomic mass is 16.5. The molecule has 0 saturated carbocycles. The molecule has 0 aliphatic rings. The van der Waals surface area contributed by atoms with E-state index in [-0.39, 0.29) is 17.4 Å². The quantitative estimate of drug-likeness (QED) is 0.644. The molecule has 2 unspecified atom stereocenters. The van der Waals surface area contributed by atoms with Crippen molar-refractivity contribution in [3.63, 3.8) is 0 Å². The first-order valence-electron chi connectivity index (χ1n) is 10.2. The Kier molecular flexibility index (Phi) is 6.93. The monoisotopic (exact) mass is 371 g/mol. The number of fused-ring (bicyclic) bond motifs is 1. The Hall–Kier alpha value is -1.58. The molecule has 0 aliphatic carbocycles. The molecule has 0 fully saturated rings. The SMILES string of the molecule is CCCOc1ccc2cc(C(O)(C(C)C)C(C)CNC(C)(C)C)ccc2c1. The maximum Gasteiger partial charge on any atom is 0.119 e. The minimum Gasteiger partial charge on any atom is -0.494 e. The van der Waals surface area contributed by atoms with Crippen molar-refractivity contribution in [2.45, 2.75) is 66.0 Å². The van der Waals surface area contributed by atoms with Crippen LogP contribution in [0.25, 0.3) is 10.8 Å². The summed E-state index contributed by atoms with van der Waals surface area (Å²) in [6, 6.07) is 12.5. The summed E-state index contributed by atoms with van der Waals surface area (Å²) in [7, 11) is 0.